The number of fused-ring (bicyclic) bond motifs is 3. The van der Waals surface area contributed by atoms with E-state index < -0.39 is 5.41 Å². The SMILES string of the molecule is CCNC(=O)c1ccc2c(c1)CCc1cc(C(=O)NCC)ccc1C2(C[C@H](C)NCC(=O)N1[C@H](C#N)C[C@@H]2C[C@@H]21)c1nn[nH]n1. The average Bonchev–Trinajstić information content (AvgIpc) is 3.42. The van der Waals surface area contributed by atoms with E-state index in [1.54, 1.807) is 4.90 Å². The Balaban J connectivity index is 1.40. The minimum Gasteiger partial charge on any atom is -0.352 e. The third-order valence-corrected chi connectivity index (χ3v) is 9.48. The second kappa shape index (κ2) is 12.4. The van der Waals surface area contributed by atoms with Crippen LogP contribution in [0.4, 0.5) is 0 Å². The molecular weight excluding hydrogens is 570 g/mol. The van der Waals surface area contributed by atoms with Gasteiger partial charge in [-0.3, -0.25) is 14.4 Å². The van der Waals surface area contributed by atoms with Crippen molar-refractivity contribution in [2.45, 2.75) is 76.4 Å². The lowest BCUT2D eigenvalue weighted by atomic mass is 9.67. The number of aromatic amines is 1. The Morgan fingerprint density at radius 2 is 1.64 bits per heavy atom. The van der Waals surface area contributed by atoms with Crippen LogP contribution in [0.5, 0.6) is 0 Å². The first kappa shape index (κ1) is 30.4. The standard InChI is InChI=1S/C33H39N9O3/c1-4-35-30(44)22-8-10-26-20(12-22)6-7-21-13-23(31(45)36-5-2)9-11-27(21)33(26,32-38-40-41-39-32)16-19(3)37-18-29(43)42-25(17-34)14-24-15-28(24)42/h8-13,19,24-25,28,37H,4-7,14-16,18H2,1-3H3,(H,35,44)(H,36,45)(H,38,39,40,41)/t19-,24+,25-,28-/m0/s1. The van der Waals surface area contributed by atoms with Gasteiger partial charge in [0, 0.05) is 36.3 Å². The molecule has 12 heteroatoms. The van der Waals surface area contributed by atoms with Gasteiger partial charge in [0.05, 0.1) is 18.0 Å². The van der Waals surface area contributed by atoms with E-state index in [2.05, 4.69) is 42.6 Å². The minimum absolute atomic E-state index is 0.0631. The first-order valence-corrected chi connectivity index (χ1v) is 15.8. The lowest BCUT2D eigenvalue weighted by Gasteiger charge is -2.36. The summed E-state index contributed by atoms with van der Waals surface area (Å²) >= 11 is 0. The molecule has 0 unspecified atom stereocenters. The Hall–Kier alpha value is -4.63. The maximum atomic E-state index is 13.3. The van der Waals surface area contributed by atoms with Crippen molar-refractivity contribution in [3.8, 4) is 6.07 Å². The zero-order valence-electron chi connectivity index (χ0n) is 25.9. The Kier molecular flexibility index (Phi) is 8.38. The fraction of sp³-hybridized carbons (Fsp3) is 0.485. The normalized spacial score (nSPS) is 21.4. The molecule has 4 atom stereocenters. The predicted octanol–water partition coefficient (Wildman–Crippen LogP) is 2.01. The van der Waals surface area contributed by atoms with Crippen molar-refractivity contribution in [3.63, 3.8) is 0 Å². The Morgan fingerprint density at radius 1 is 1.02 bits per heavy atom. The van der Waals surface area contributed by atoms with Gasteiger partial charge in [0.1, 0.15) is 6.04 Å². The number of nitrogens with zero attached hydrogens (tertiary/aromatic N) is 5. The number of likely N-dealkylation sites (tertiary alicyclic amines) is 1. The molecule has 0 radical (unpaired) electrons. The topological polar surface area (TPSA) is 169 Å². The number of tetrazole rings is 1. The third kappa shape index (κ3) is 5.57. The maximum absolute atomic E-state index is 13.3. The van der Waals surface area contributed by atoms with E-state index in [9.17, 15) is 19.6 Å². The molecule has 234 valence electrons. The van der Waals surface area contributed by atoms with Gasteiger partial charge in [0.25, 0.3) is 11.8 Å². The quantitative estimate of drug-likeness (QED) is 0.271. The van der Waals surface area contributed by atoms with Crippen LogP contribution in [-0.4, -0.2) is 81.0 Å². The average molecular weight is 610 g/mol. The fourth-order valence-corrected chi connectivity index (χ4v) is 7.37. The van der Waals surface area contributed by atoms with Crippen LogP contribution < -0.4 is 16.0 Å². The molecule has 3 aromatic rings. The van der Waals surface area contributed by atoms with Crippen LogP contribution in [0.3, 0.4) is 0 Å². The summed E-state index contributed by atoms with van der Waals surface area (Å²) in [5, 5.41) is 34.5. The minimum atomic E-state index is -0.909. The molecule has 6 rings (SSSR count). The summed E-state index contributed by atoms with van der Waals surface area (Å²) < 4.78 is 0. The number of hydrogen-bond acceptors (Lipinski definition) is 8. The maximum Gasteiger partial charge on any atom is 0.251 e. The van der Waals surface area contributed by atoms with E-state index in [1.165, 1.54) is 0 Å². The summed E-state index contributed by atoms with van der Waals surface area (Å²) in [4.78, 5) is 40.8. The molecule has 2 heterocycles. The van der Waals surface area contributed by atoms with E-state index in [1.807, 2.05) is 57.2 Å². The number of carbonyl (C=O) groups excluding carboxylic acids is 3. The monoisotopic (exact) mass is 609 g/mol. The van der Waals surface area contributed by atoms with Crippen molar-refractivity contribution >= 4 is 17.7 Å². The highest BCUT2D eigenvalue weighted by atomic mass is 16.2. The number of carbonyl (C=O) groups is 3. The molecule has 0 bridgehead atoms. The highest BCUT2D eigenvalue weighted by Gasteiger charge is 2.54. The van der Waals surface area contributed by atoms with Crippen molar-refractivity contribution in [1.82, 2.24) is 41.5 Å². The highest BCUT2D eigenvalue weighted by molar-refractivity contribution is 5.95. The fourth-order valence-electron chi connectivity index (χ4n) is 7.37. The zero-order chi connectivity index (χ0) is 31.7. The molecule has 3 aliphatic rings. The van der Waals surface area contributed by atoms with E-state index >= 15 is 0 Å². The number of aryl methyl sites for hydroxylation is 2. The molecule has 2 aliphatic carbocycles. The number of rotatable bonds is 10. The number of benzene rings is 2. The molecule has 0 spiro atoms. The van der Waals surface area contributed by atoms with Gasteiger partial charge in [0.15, 0.2) is 5.82 Å². The van der Waals surface area contributed by atoms with Crippen molar-refractivity contribution in [2.75, 3.05) is 19.6 Å². The molecule has 2 fully saturated rings. The lowest BCUT2D eigenvalue weighted by molar-refractivity contribution is -0.131. The molecule has 1 saturated heterocycles. The number of amides is 3. The summed E-state index contributed by atoms with van der Waals surface area (Å²) in [5.74, 6) is 0.565. The van der Waals surface area contributed by atoms with Crippen LogP contribution >= 0.6 is 0 Å². The van der Waals surface area contributed by atoms with Gasteiger partial charge in [-0.05, 0) is 105 Å². The van der Waals surface area contributed by atoms with E-state index in [-0.39, 0.29) is 42.4 Å². The molecular formula is C33H39N9O3. The number of nitriles is 1. The van der Waals surface area contributed by atoms with Crippen LogP contribution in [0.25, 0.3) is 0 Å². The van der Waals surface area contributed by atoms with Gasteiger partial charge in [0.2, 0.25) is 5.91 Å². The van der Waals surface area contributed by atoms with Gasteiger partial charge < -0.3 is 20.9 Å². The summed E-state index contributed by atoms with van der Waals surface area (Å²) in [6.45, 7) is 6.95. The molecule has 1 saturated carbocycles. The van der Waals surface area contributed by atoms with Crippen molar-refractivity contribution in [1.29, 1.82) is 5.26 Å². The zero-order valence-corrected chi connectivity index (χ0v) is 25.9. The first-order valence-electron chi connectivity index (χ1n) is 15.8. The second-order valence-corrected chi connectivity index (χ2v) is 12.3. The number of aromatic nitrogens is 4. The van der Waals surface area contributed by atoms with Gasteiger partial charge in [-0.2, -0.15) is 10.5 Å². The van der Waals surface area contributed by atoms with Crippen molar-refractivity contribution in [2.24, 2.45) is 5.92 Å². The highest BCUT2D eigenvalue weighted by Crippen LogP contribution is 2.48. The predicted molar refractivity (Wildman–Crippen MR) is 165 cm³/mol. The molecule has 12 nitrogen and oxygen atoms in total. The molecule has 1 aliphatic heterocycles. The van der Waals surface area contributed by atoms with Gasteiger partial charge in [-0.15, -0.1) is 10.2 Å². The molecule has 2 aromatic carbocycles. The second-order valence-electron chi connectivity index (χ2n) is 12.3. The number of nitrogens with one attached hydrogen (secondary N) is 4. The van der Waals surface area contributed by atoms with Gasteiger partial charge in [-0.1, -0.05) is 17.3 Å². The Morgan fingerprint density at radius 3 is 2.18 bits per heavy atom. The van der Waals surface area contributed by atoms with E-state index in [0.29, 0.717) is 55.2 Å². The number of H-pyrrole nitrogens is 1. The molecule has 3 amide bonds. The Bertz CT molecular complexity index is 1580. The van der Waals surface area contributed by atoms with E-state index in [4.69, 9.17) is 0 Å². The first-order chi connectivity index (χ1) is 21.8. The summed E-state index contributed by atoms with van der Waals surface area (Å²) in [6.07, 6.45) is 3.48. The summed E-state index contributed by atoms with van der Waals surface area (Å²) in [7, 11) is 0. The van der Waals surface area contributed by atoms with Crippen LogP contribution in [0.2, 0.25) is 0 Å². The third-order valence-electron chi connectivity index (χ3n) is 9.48. The van der Waals surface area contributed by atoms with E-state index in [0.717, 1.165) is 35.1 Å². The molecule has 1 aromatic heterocycles. The lowest BCUT2D eigenvalue weighted by Crippen LogP contribution is -2.46. The Labute approximate surface area is 262 Å². The number of piperidine rings is 1. The summed E-state index contributed by atoms with van der Waals surface area (Å²) in [6, 6.07) is 13.4. The van der Waals surface area contributed by atoms with Crippen LogP contribution in [0.1, 0.15) is 88.8 Å². The molecule has 4 N–H and O–H groups in total. The van der Waals surface area contributed by atoms with Crippen molar-refractivity contribution < 1.29 is 14.4 Å². The molecule has 45 heavy (non-hydrogen) atoms. The largest absolute Gasteiger partial charge is 0.352 e. The van der Waals surface area contributed by atoms with Crippen LogP contribution in [0, 0.1) is 17.2 Å². The number of hydrogen-bond donors (Lipinski definition) is 4. The summed E-state index contributed by atoms with van der Waals surface area (Å²) in [5.41, 5.74) is 4.09. The van der Waals surface area contributed by atoms with Crippen LogP contribution in [-0.2, 0) is 23.1 Å². The smallest absolute Gasteiger partial charge is 0.251 e. The van der Waals surface area contributed by atoms with Crippen LogP contribution in [0.15, 0.2) is 36.4 Å². The van der Waals surface area contributed by atoms with Crippen molar-refractivity contribution in [3.05, 3.63) is 75.6 Å². The van der Waals surface area contributed by atoms with Gasteiger partial charge >= 0.3 is 0 Å². The van der Waals surface area contributed by atoms with Gasteiger partial charge in [-0.25, -0.2) is 0 Å².